The molecule has 4 heteroatoms. The van der Waals surface area contributed by atoms with Gasteiger partial charge < -0.3 is 0 Å². The van der Waals surface area contributed by atoms with Gasteiger partial charge in [-0.05, 0) is 30.7 Å². The van der Waals surface area contributed by atoms with Crippen molar-refractivity contribution in [2.24, 2.45) is 0 Å². The Labute approximate surface area is 109 Å². The van der Waals surface area contributed by atoms with Crippen LogP contribution >= 0.6 is 0 Å². The van der Waals surface area contributed by atoms with Crippen molar-refractivity contribution in [1.82, 2.24) is 20.4 Å². The molecule has 2 aromatic heterocycles. The Morgan fingerprint density at radius 2 is 1.89 bits per heavy atom. The Hall–Kier alpha value is -2.62. The highest BCUT2D eigenvalue weighted by molar-refractivity contribution is 5.96. The van der Waals surface area contributed by atoms with E-state index < -0.39 is 0 Å². The van der Waals surface area contributed by atoms with E-state index in [4.69, 9.17) is 0 Å². The minimum Gasteiger partial charge on any atom is -0.278 e. The molecule has 0 aliphatic rings. The maximum Gasteiger partial charge on any atom is 0.100 e. The summed E-state index contributed by atoms with van der Waals surface area (Å²) in [4.78, 5) is 0. The molecule has 0 unspecified atom stereocenters. The Kier molecular flexibility index (Phi) is 2.00. The van der Waals surface area contributed by atoms with Gasteiger partial charge in [-0.2, -0.15) is 10.2 Å². The number of H-pyrrole nitrogens is 2. The number of para-hydroxylation sites is 1. The molecular formula is C15H12N4. The second-order valence-electron chi connectivity index (χ2n) is 4.74. The lowest BCUT2D eigenvalue weighted by molar-refractivity contribution is 1.12. The Morgan fingerprint density at radius 3 is 2.84 bits per heavy atom. The number of hydrogen-bond donors (Lipinski definition) is 2. The molecule has 4 aromatic rings. The number of hydrogen-bond acceptors (Lipinski definition) is 2. The van der Waals surface area contributed by atoms with Gasteiger partial charge in [-0.25, -0.2) is 0 Å². The molecule has 0 bridgehead atoms. The third kappa shape index (κ3) is 1.46. The van der Waals surface area contributed by atoms with E-state index in [9.17, 15) is 0 Å². The van der Waals surface area contributed by atoms with Crippen molar-refractivity contribution in [2.45, 2.75) is 6.92 Å². The second kappa shape index (κ2) is 3.68. The molecule has 4 rings (SSSR count). The van der Waals surface area contributed by atoms with Gasteiger partial charge >= 0.3 is 0 Å². The minimum atomic E-state index is 0.996. The zero-order valence-electron chi connectivity index (χ0n) is 10.4. The average molecular weight is 248 g/mol. The summed E-state index contributed by atoms with van der Waals surface area (Å²) < 4.78 is 0. The van der Waals surface area contributed by atoms with Gasteiger partial charge in [-0.3, -0.25) is 10.2 Å². The maximum absolute atomic E-state index is 4.46. The van der Waals surface area contributed by atoms with E-state index in [0.29, 0.717) is 0 Å². The summed E-state index contributed by atoms with van der Waals surface area (Å²) in [5.74, 6) is 0. The molecule has 0 amide bonds. The highest BCUT2D eigenvalue weighted by Crippen LogP contribution is 2.31. The molecule has 0 aliphatic heterocycles. The molecule has 0 atom stereocenters. The molecule has 19 heavy (non-hydrogen) atoms. The largest absolute Gasteiger partial charge is 0.278 e. The van der Waals surface area contributed by atoms with Crippen molar-refractivity contribution in [3.8, 4) is 11.3 Å². The van der Waals surface area contributed by atoms with Crippen molar-refractivity contribution in [3.63, 3.8) is 0 Å². The number of fused-ring (bicyclic) bond motifs is 2. The van der Waals surface area contributed by atoms with Crippen LogP contribution in [-0.2, 0) is 0 Å². The Morgan fingerprint density at radius 1 is 1.00 bits per heavy atom. The normalized spacial score (nSPS) is 11.4. The molecule has 2 heterocycles. The monoisotopic (exact) mass is 248 g/mol. The highest BCUT2D eigenvalue weighted by atomic mass is 15.1. The van der Waals surface area contributed by atoms with Gasteiger partial charge in [0, 0.05) is 16.3 Å². The number of rotatable bonds is 1. The van der Waals surface area contributed by atoms with Crippen LogP contribution in [0.3, 0.4) is 0 Å². The Balaban J connectivity index is 2.05. The minimum absolute atomic E-state index is 0.996. The standard InChI is InChI=1S/C15H12N4/c1-9-6-14-10(8-16-17-14)7-12(9)15-11-4-2-3-5-13(11)18-19-15/h2-8H,1H3,(H,16,17)(H,18,19). The van der Waals surface area contributed by atoms with Crippen molar-refractivity contribution < 1.29 is 0 Å². The van der Waals surface area contributed by atoms with E-state index in [-0.39, 0.29) is 0 Å². The summed E-state index contributed by atoms with van der Waals surface area (Å²) >= 11 is 0. The third-order valence-corrected chi connectivity index (χ3v) is 3.51. The van der Waals surface area contributed by atoms with Gasteiger partial charge in [0.25, 0.3) is 0 Å². The van der Waals surface area contributed by atoms with E-state index in [1.54, 1.807) is 0 Å². The zero-order chi connectivity index (χ0) is 12.8. The van der Waals surface area contributed by atoms with Crippen LogP contribution in [0.5, 0.6) is 0 Å². The topological polar surface area (TPSA) is 57.4 Å². The fourth-order valence-electron chi connectivity index (χ4n) is 2.52. The maximum atomic E-state index is 4.46. The fourth-order valence-corrected chi connectivity index (χ4v) is 2.52. The van der Waals surface area contributed by atoms with E-state index in [0.717, 1.165) is 33.1 Å². The predicted octanol–water partition coefficient (Wildman–Crippen LogP) is 3.41. The van der Waals surface area contributed by atoms with Crippen LogP contribution in [0.1, 0.15) is 5.56 Å². The molecule has 0 aliphatic carbocycles. The first-order chi connectivity index (χ1) is 9.33. The van der Waals surface area contributed by atoms with Gasteiger partial charge in [0.2, 0.25) is 0 Å². The number of nitrogens with one attached hydrogen (secondary N) is 2. The lowest BCUT2D eigenvalue weighted by atomic mass is 10.0. The lowest BCUT2D eigenvalue weighted by Crippen LogP contribution is -1.85. The van der Waals surface area contributed by atoms with Crippen LogP contribution in [0.15, 0.2) is 42.6 Å². The molecular weight excluding hydrogens is 236 g/mol. The summed E-state index contributed by atoms with van der Waals surface area (Å²) in [7, 11) is 0. The van der Waals surface area contributed by atoms with Crippen molar-refractivity contribution in [1.29, 1.82) is 0 Å². The second-order valence-corrected chi connectivity index (χ2v) is 4.74. The van der Waals surface area contributed by atoms with E-state index >= 15 is 0 Å². The molecule has 0 saturated heterocycles. The van der Waals surface area contributed by atoms with E-state index in [1.807, 2.05) is 24.4 Å². The molecule has 2 N–H and O–H groups in total. The van der Waals surface area contributed by atoms with Crippen molar-refractivity contribution >= 4 is 21.8 Å². The highest BCUT2D eigenvalue weighted by Gasteiger charge is 2.11. The third-order valence-electron chi connectivity index (χ3n) is 3.51. The lowest BCUT2D eigenvalue weighted by Gasteiger charge is -2.03. The number of aryl methyl sites for hydroxylation is 1. The van der Waals surface area contributed by atoms with E-state index in [1.165, 1.54) is 5.56 Å². The molecule has 0 radical (unpaired) electrons. The zero-order valence-corrected chi connectivity index (χ0v) is 10.4. The van der Waals surface area contributed by atoms with Crippen LogP contribution in [0, 0.1) is 6.92 Å². The van der Waals surface area contributed by atoms with Gasteiger partial charge in [-0.1, -0.05) is 18.2 Å². The van der Waals surface area contributed by atoms with Gasteiger partial charge in [0.1, 0.15) is 5.69 Å². The summed E-state index contributed by atoms with van der Waals surface area (Å²) in [6.07, 6.45) is 1.84. The smallest absolute Gasteiger partial charge is 0.100 e. The molecule has 4 nitrogen and oxygen atoms in total. The first-order valence-corrected chi connectivity index (χ1v) is 6.20. The first-order valence-electron chi connectivity index (χ1n) is 6.20. The van der Waals surface area contributed by atoms with E-state index in [2.05, 4.69) is 45.5 Å². The van der Waals surface area contributed by atoms with Gasteiger partial charge in [-0.15, -0.1) is 0 Å². The molecule has 0 spiro atoms. The molecule has 0 fully saturated rings. The van der Waals surface area contributed by atoms with Crippen LogP contribution in [-0.4, -0.2) is 20.4 Å². The molecule has 0 saturated carbocycles. The number of aromatic amines is 2. The summed E-state index contributed by atoms with van der Waals surface area (Å²) in [5.41, 5.74) is 5.45. The van der Waals surface area contributed by atoms with Crippen LogP contribution in [0.2, 0.25) is 0 Å². The number of aromatic nitrogens is 4. The quantitative estimate of drug-likeness (QED) is 0.542. The molecule has 2 aromatic carbocycles. The Bertz CT molecular complexity index is 885. The first kappa shape index (κ1) is 10.3. The van der Waals surface area contributed by atoms with Crippen LogP contribution in [0.25, 0.3) is 33.1 Å². The molecule has 92 valence electrons. The van der Waals surface area contributed by atoms with Crippen LogP contribution < -0.4 is 0 Å². The fraction of sp³-hybridized carbons (Fsp3) is 0.0667. The number of benzene rings is 2. The van der Waals surface area contributed by atoms with Crippen LogP contribution in [0.4, 0.5) is 0 Å². The van der Waals surface area contributed by atoms with Crippen molar-refractivity contribution in [3.05, 3.63) is 48.2 Å². The summed E-state index contributed by atoms with van der Waals surface area (Å²) in [5, 5.41) is 16.9. The average Bonchev–Trinajstić information content (AvgIpc) is 3.03. The van der Waals surface area contributed by atoms with Crippen molar-refractivity contribution in [2.75, 3.05) is 0 Å². The SMILES string of the molecule is Cc1cc2[nH]ncc2cc1-c1n[nH]c2ccccc12. The number of nitrogens with zero attached hydrogens (tertiary/aromatic N) is 2. The predicted molar refractivity (Wildman–Crippen MR) is 75.9 cm³/mol. The summed E-state index contributed by atoms with van der Waals surface area (Å²) in [6, 6.07) is 12.4. The van der Waals surface area contributed by atoms with Gasteiger partial charge in [0.15, 0.2) is 0 Å². The summed E-state index contributed by atoms with van der Waals surface area (Å²) in [6.45, 7) is 2.10. The van der Waals surface area contributed by atoms with Gasteiger partial charge in [0.05, 0.1) is 17.2 Å².